The Morgan fingerprint density at radius 2 is 1.22 bits per heavy atom. The summed E-state index contributed by atoms with van der Waals surface area (Å²) in [7, 11) is 0. The van der Waals surface area contributed by atoms with Gasteiger partial charge in [-0.25, -0.2) is 0 Å². The molecule has 0 spiro atoms. The standard InChI is InChI=1S/C24H21Cl2N3O3/c25-18-13-17(14-19(26)15-18)24(31)28-20-3-1-16(2-4-20)23(30)27-21-5-7-22(8-6-21)29-9-11-32-12-10-29/h1-8,13-15H,9-12H2,(H,27,30)(H,28,31). The number of nitrogens with one attached hydrogen (secondary N) is 2. The van der Waals surface area contributed by atoms with E-state index >= 15 is 0 Å². The van der Waals surface area contributed by atoms with Crippen LogP contribution in [0, 0.1) is 0 Å². The number of nitrogens with zero attached hydrogens (tertiary/aromatic N) is 1. The lowest BCUT2D eigenvalue weighted by Crippen LogP contribution is -2.36. The Balaban J connectivity index is 1.36. The average molecular weight is 470 g/mol. The van der Waals surface area contributed by atoms with E-state index in [-0.39, 0.29) is 11.8 Å². The summed E-state index contributed by atoms with van der Waals surface area (Å²) in [5.74, 6) is -0.574. The molecule has 164 valence electrons. The van der Waals surface area contributed by atoms with Gasteiger partial charge in [-0.3, -0.25) is 9.59 Å². The maximum Gasteiger partial charge on any atom is 0.255 e. The summed E-state index contributed by atoms with van der Waals surface area (Å²) in [5, 5.41) is 6.42. The lowest BCUT2D eigenvalue weighted by atomic mass is 10.1. The molecule has 8 heteroatoms. The predicted octanol–water partition coefficient (Wildman–Crippen LogP) is 5.33. The van der Waals surface area contributed by atoms with Gasteiger partial charge in [-0.1, -0.05) is 23.2 Å². The highest BCUT2D eigenvalue weighted by Gasteiger charge is 2.12. The summed E-state index contributed by atoms with van der Waals surface area (Å²) in [4.78, 5) is 27.2. The predicted molar refractivity (Wildman–Crippen MR) is 128 cm³/mol. The molecule has 1 saturated heterocycles. The van der Waals surface area contributed by atoms with Crippen LogP contribution >= 0.6 is 23.2 Å². The summed E-state index contributed by atoms with van der Waals surface area (Å²) in [6.45, 7) is 3.17. The fraction of sp³-hybridized carbons (Fsp3) is 0.167. The molecular formula is C24H21Cl2N3O3. The number of carbonyl (C=O) groups is 2. The SMILES string of the molecule is O=C(Nc1ccc(N2CCOCC2)cc1)c1ccc(NC(=O)c2cc(Cl)cc(Cl)c2)cc1. The molecule has 0 radical (unpaired) electrons. The minimum Gasteiger partial charge on any atom is -0.378 e. The van der Waals surface area contributed by atoms with Crippen molar-refractivity contribution in [2.75, 3.05) is 41.8 Å². The van der Waals surface area contributed by atoms with E-state index < -0.39 is 0 Å². The van der Waals surface area contributed by atoms with Gasteiger partial charge >= 0.3 is 0 Å². The number of morpholine rings is 1. The summed E-state index contributed by atoms with van der Waals surface area (Å²) in [5.41, 5.74) is 3.20. The summed E-state index contributed by atoms with van der Waals surface area (Å²) in [6, 6.07) is 19.0. The van der Waals surface area contributed by atoms with Crippen LogP contribution in [0.5, 0.6) is 0 Å². The van der Waals surface area contributed by atoms with E-state index in [4.69, 9.17) is 27.9 Å². The molecule has 3 aromatic rings. The molecule has 0 aliphatic carbocycles. The molecule has 1 fully saturated rings. The van der Waals surface area contributed by atoms with Gasteiger partial charge in [-0.05, 0) is 66.7 Å². The van der Waals surface area contributed by atoms with Gasteiger partial charge in [-0.15, -0.1) is 0 Å². The van der Waals surface area contributed by atoms with Crippen LogP contribution < -0.4 is 15.5 Å². The van der Waals surface area contributed by atoms with Gasteiger partial charge in [0.1, 0.15) is 0 Å². The van der Waals surface area contributed by atoms with Crippen LogP contribution in [0.4, 0.5) is 17.1 Å². The quantitative estimate of drug-likeness (QED) is 0.529. The smallest absolute Gasteiger partial charge is 0.255 e. The van der Waals surface area contributed by atoms with Crippen molar-refractivity contribution in [1.82, 2.24) is 0 Å². The van der Waals surface area contributed by atoms with Crippen molar-refractivity contribution in [2.24, 2.45) is 0 Å². The van der Waals surface area contributed by atoms with Crippen LogP contribution in [0.25, 0.3) is 0 Å². The first-order valence-electron chi connectivity index (χ1n) is 10.1. The van der Waals surface area contributed by atoms with Gasteiger partial charge < -0.3 is 20.3 Å². The van der Waals surface area contributed by atoms with Crippen LogP contribution in [0.1, 0.15) is 20.7 Å². The van der Waals surface area contributed by atoms with Crippen LogP contribution in [-0.2, 0) is 4.74 Å². The topological polar surface area (TPSA) is 70.7 Å². The first-order valence-corrected chi connectivity index (χ1v) is 10.9. The van der Waals surface area contributed by atoms with Gasteiger partial charge in [0.15, 0.2) is 0 Å². The summed E-state index contributed by atoms with van der Waals surface area (Å²) >= 11 is 11.9. The second kappa shape index (κ2) is 10.0. The van der Waals surface area contributed by atoms with Crippen molar-refractivity contribution in [2.45, 2.75) is 0 Å². The van der Waals surface area contributed by atoms with Crippen molar-refractivity contribution in [3.8, 4) is 0 Å². The third-order valence-corrected chi connectivity index (χ3v) is 5.47. The fourth-order valence-corrected chi connectivity index (χ4v) is 3.90. The highest BCUT2D eigenvalue weighted by atomic mass is 35.5. The summed E-state index contributed by atoms with van der Waals surface area (Å²) < 4.78 is 5.38. The number of ether oxygens (including phenoxy) is 1. The number of anilines is 3. The van der Waals surface area contributed by atoms with Crippen molar-refractivity contribution in [3.05, 3.63) is 87.9 Å². The van der Waals surface area contributed by atoms with E-state index in [1.54, 1.807) is 30.3 Å². The molecule has 4 rings (SSSR count). The monoisotopic (exact) mass is 469 g/mol. The van der Waals surface area contributed by atoms with Gasteiger partial charge in [0.05, 0.1) is 13.2 Å². The van der Waals surface area contributed by atoms with Gasteiger partial charge in [0.2, 0.25) is 0 Å². The van der Waals surface area contributed by atoms with Crippen molar-refractivity contribution < 1.29 is 14.3 Å². The number of benzene rings is 3. The van der Waals surface area contributed by atoms with E-state index in [0.717, 1.165) is 32.0 Å². The van der Waals surface area contributed by atoms with Gasteiger partial charge in [0.25, 0.3) is 11.8 Å². The highest BCUT2D eigenvalue weighted by molar-refractivity contribution is 6.35. The lowest BCUT2D eigenvalue weighted by molar-refractivity contribution is 0.102. The Hall–Kier alpha value is -3.06. The normalized spacial score (nSPS) is 13.5. The fourth-order valence-electron chi connectivity index (χ4n) is 3.37. The Kier molecular flexibility index (Phi) is 6.95. The van der Waals surface area contributed by atoms with E-state index in [0.29, 0.717) is 32.5 Å². The third-order valence-electron chi connectivity index (χ3n) is 5.03. The molecule has 1 aliphatic heterocycles. The van der Waals surface area contributed by atoms with Crippen molar-refractivity contribution in [1.29, 1.82) is 0 Å². The van der Waals surface area contributed by atoms with Crippen LogP contribution in [0.2, 0.25) is 10.0 Å². The molecule has 0 aromatic heterocycles. The molecule has 0 saturated carbocycles. The Morgan fingerprint density at radius 1 is 0.719 bits per heavy atom. The number of halogens is 2. The zero-order chi connectivity index (χ0) is 22.5. The van der Waals surface area contributed by atoms with Gasteiger partial charge in [-0.2, -0.15) is 0 Å². The minimum absolute atomic E-state index is 0.233. The number of hydrogen-bond acceptors (Lipinski definition) is 4. The molecule has 1 heterocycles. The molecule has 0 bridgehead atoms. The molecule has 32 heavy (non-hydrogen) atoms. The second-order valence-electron chi connectivity index (χ2n) is 7.29. The first kappa shape index (κ1) is 22.1. The number of rotatable bonds is 5. The highest BCUT2D eigenvalue weighted by Crippen LogP contribution is 2.22. The number of hydrogen-bond donors (Lipinski definition) is 2. The van der Waals surface area contributed by atoms with E-state index in [1.807, 2.05) is 24.3 Å². The van der Waals surface area contributed by atoms with Crippen molar-refractivity contribution in [3.63, 3.8) is 0 Å². The largest absolute Gasteiger partial charge is 0.378 e. The second-order valence-corrected chi connectivity index (χ2v) is 8.16. The molecule has 1 aliphatic rings. The molecular weight excluding hydrogens is 449 g/mol. The van der Waals surface area contributed by atoms with Crippen LogP contribution in [-0.4, -0.2) is 38.1 Å². The molecule has 2 amide bonds. The zero-order valence-electron chi connectivity index (χ0n) is 17.1. The Bertz CT molecular complexity index is 1090. The maximum absolute atomic E-state index is 12.6. The molecule has 2 N–H and O–H groups in total. The average Bonchev–Trinajstić information content (AvgIpc) is 2.80. The Morgan fingerprint density at radius 3 is 1.78 bits per heavy atom. The molecule has 0 atom stereocenters. The van der Waals surface area contributed by atoms with E-state index in [9.17, 15) is 9.59 Å². The molecule has 0 unspecified atom stereocenters. The lowest BCUT2D eigenvalue weighted by Gasteiger charge is -2.28. The first-order chi connectivity index (χ1) is 15.5. The van der Waals surface area contributed by atoms with Crippen LogP contribution in [0.3, 0.4) is 0 Å². The zero-order valence-corrected chi connectivity index (χ0v) is 18.6. The molecule has 6 nitrogen and oxygen atoms in total. The van der Waals surface area contributed by atoms with Gasteiger partial charge in [0, 0.05) is 51.3 Å². The van der Waals surface area contributed by atoms with Crippen LogP contribution in [0.15, 0.2) is 66.7 Å². The number of amides is 2. The summed E-state index contributed by atoms with van der Waals surface area (Å²) in [6.07, 6.45) is 0. The Labute approximate surface area is 196 Å². The number of carbonyl (C=O) groups excluding carboxylic acids is 2. The van der Waals surface area contributed by atoms with E-state index in [1.165, 1.54) is 12.1 Å². The maximum atomic E-state index is 12.6. The van der Waals surface area contributed by atoms with E-state index in [2.05, 4.69) is 15.5 Å². The molecule has 3 aromatic carbocycles. The minimum atomic E-state index is -0.341. The van der Waals surface area contributed by atoms with Crippen molar-refractivity contribution >= 4 is 52.1 Å². The third kappa shape index (κ3) is 5.59.